The van der Waals surface area contributed by atoms with Crippen LogP contribution in [0, 0.1) is 0 Å². The normalized spacial score (nSPS) is 15.3. The number of aliphatic hydroxyl groups excluding tert-OH is 1. The summed E-state index contributed by atoms with van der Waals surface area (Å²) >= 11 is 0. The molecule has 0 spiro atoms. The lowest BCUT2D eigenvalue weighted by molar-refractivity contribution is 0.139. The number of likely N-dealkylation sites (N-methyl/N-ethyl adjacent to an activating group) is 1. The average molecular weight is 180 g/mol. The molecule has 1 aromatic carbocycles. The van der Waals surface area contributed by atoms with Crippen molar-refractivity contribution < 1.29 is 5.11 Å². The van der Waals surface area contributed by atoms with Crippen LogP contribution in [0.2, 0.25) is 0 Å². The highest BCUT2D eigenvalue weighted by atomic mass is 16.3. The van der Waals surface area contributed by atoms with E-state index >= 15 is 0 Å². The van der Waals surface area contributed by atoms with Crippen molar-refractivity contribution in [3.63, 3.8) is 0 Å². The molecule has 13 heavy (non-hydrogen) atoms. The van der Waals surface area contributed by atoms with Crippen LogP contribution in [0.3, 0.4) is 0 Å². The van der Waals surface area contributed by atoms with Gasteiger partial charge in [-0.2, -0.15) is 0 Å². The van der Waals surface area contributed by atoms with Crippen molar-refractivity contribution in [2.24, 2.45) is 5.73 Å². The number of aliphatic hydroxyl groups is 1. The fourth-order valence-electron chi connectivity index (χ4n) is 1.38. The smallest absolute Gasteiger partial charge is 0.0856 e. The Bertz CT molecular complexity index is 238. The van der Waals surface area contributed by atoms with Gasteiger partial charge in [-0.1, -0.05) is 30.3 Å². The van der Waals surface area contributed by atoms with Crippen LogP contribution in [-0.2, 0) is 0 Å². The fourth-order valence-corrected chi connectivity index (χ4v) is 1.38. The second-order valence-electron chi connectivity index (χ2n) is 2.98. The molecule has 3 nitrogen and oxygen atoms in total. The third kappa shape index (κ3) is 2.52. The molecule has 0 bridgehead atoms. The Kier molecular flexibility index (Phi) is 3.89. The van der Waals surface area contributed by atoms with Crippen LogP contribution in [0.25, 0.3) is 0 Å². The molecule has 0 aliphatic heterocycles. The molecule has 2 unspecified atom stereocenters. The van der Waals surface area contributed by atoms with Crippen molar-refractivity contribution in [2.75, 3.05) is 13.6 Å². The van der Waals surface area contributed by atoms with Gasteiger partial charge in [0.1, 0.15) is 0 Å². The van der Waals surface area contributed by atoms with Gasteiger partial charge >= 0.3 is 0 Å². The molecule has 72 valence electrons. The topological polar surface area (TPSA) is 58.3 Å². The van der Waals surface area contributed by atoms with E-state index in [2.05, 4.69) is 5.32 Å². The van der Waals surface area contributed by atoms with Crippen LogP contribution in [-0.4, -0.2) is 24.8 Å². The Balaban J connectivity index is 2.78. The monoisotopic (exact) mass is 180 g/mol. The van der Waals surface area contributed by atoms with Crippen LogP contribution in [0.15, 0.2) is 30.3 Å². The quantitative estimate of drug-likeness (QED) is 0.623. The van der Waals surface area contributed by atoms with Crippen molar-refractivity contribution >= 4 is 0 Å². The van der Waals surface area contributed by atoms with Crippen molar-refractivity contribution in [3.8, 4) is 0 Å². The first-order chi connectivity index (χ1) is 6.29. The van der Waals surface area contributed by atoms with E-state index in [1.807, 2.05) is 37.4 Å². The van der Waals surface area contributed by atoms with Gasteiger partial charge in [-0.05, 0) is 12.6 Å². The second kappa shape index (κ2) is 4.97. The first kappa shape index (κ1) is 10.2. The third-order valence-electron chi connectivity index (χ3n) is 2.10. The molecule has 1 aromatic rings. The summed E-state index contributed by atoms with van der Waals surface area (Å²) in [6.07, 6.45) is -0.535. The molecular weight excluding hydrogens is 164 g/mol. The molecule has 0 aliphatic rings. The zero-order valence-electron chi connectivity index (χ0n) is 7.77. The molecule has 0 radical (unpaired) electrons. The van der Waals surface area contributed by atoms with Gasteiger partial charge in [-0.3, -0.25) is 0 Å². The molecule has 2 atom stereocenters. The fraction of sp³-hybridized carbons (Fsp3) is 0.400. The largest absolute Gasteiger partial charge is 0.390 e. The molecule has 0 saturated heterocycles. The molecule has 0 saturated carbocycles. The van der Waals surface area contributed by atoms with E-state index in [-0.39, 0.29) is 12.6 Å². The van der Waals surface area contributed by atoms with Gasteiger partial charge in [-0.25, -0.2) is 0 Å². The summed E-state index contributed by atoms with van der Waals surface area (Å²) in [5, 5.41) is 12.6. The SMILES string of the molecule is CNC(c1ccccc1)C(O)CN. The Labute approximate surface area is 78.6 Å². The predicted molar refractivity (Wildman–Crippen MR) is 53.3 cm³/mol. The molecular formula is C10H16N2O. The maximum Gasteiger partial charge on any atom is 0.0856 e. The van der Waals surface area contributed by atoms with E-state index in [4.69, 9.17) is 5.73 Å². The van der Waals surface area contributed by atoms with Crippen molar-refractivity contribution in [1.82, 2.24) is 5.32 Å². The van der Waals surface area contributed by atoms with Crippen LogP contribution in [0.4, 0.5) is 0 Å². The molecule has 0 aliphatic carbocycles. The molecule has 0 aromatic heterocycles. The van der Waals surface area contributed by atoms with Crippen molar-refractivity contribution in [2.45, 2.75) is 12.1 Å². The first-order valence-corrected chi connectivity index (χ1v) is 4.40. The Morgan fingerprint density at radius 1 is 1.38 bits per heavy atom. The predicted octanol–water partition coefficient (Wildman–Crippen LogP) is 0.267. The maximum absolute atomic E-state index is 9.58. The Morgan fingerprint density at radius 3 is 2.46 bits per heavy atom. The van der Waals surface area contributed by atoms with E-state index < -0.39 is 6.10 Å². The second-order valence-corrected chi connectivity index (χ2v) is 2.98. The standard InChI is InChI=1S/C10H16N2O/c1-12-10(9(13)7-11)8-5-3-2-4-6-8/h2-6,9-10,12-13H,7,11H2,1H3. The molecule has 4 N–H and O–H groups in total. The lowest BCUT2D eigenvalue weighted by atomic mass is 10.0. The van der Waals surface area contributed by atoms with Gasteiger partial charge < -0.3 is 16.2 Å². The first-order valence-electron chi connectivity index (χ1n) is 4.40. The Hall–Kier alpha value is -0.900. The highest BCUT2D eigenvalue weighted by Gasteiger charge is 2.16. The van der Waals surface area contributed by atoms with Crippen LogP contribution >= 0.6 is 0 Å². The summed E-state index contributed by atoms with van der Waals surface area (Å²) in [7, 11) is 1.82. The minimum atomic E-state index is -0.535. The van der Waals surface area contributed by atoms with Gasteiger partial charge in [0.2, 0.25) is 0 Å². The van der Waals surface area contributed by atoms with Gasteiger partial charge in [0.15, 0.2) is 0 Å². The number of nitrogens with two attached hydrogens (primary N) is 1. The van der Waals surface area contributed by atoms with E-state index in [1.165, 1.54) is 0 Å². The Morgan fingerprint density at radius 2 is 2.00 bits per heavy atom. The lowest BCUT2D eigenvalue weighted by Crippen LogP contribution is -2.34. The highest BCUT2D eigenvalue weighted by Crippen LogP contribution is 2.15. The van der Waals surface area contributed by atoms with Crippen molar-refractivity contribution in [1.29, 1.82) is 0 Å². The van der Waals surface area contributed by atoms with Gasteiger partial charge in [-0.15, -0.1) is 0 Å². The average Bonchev–Trinajstić information content (AvgIpc) is 2.20. The van der Waals surface area contributed by atoms with E-state index in [1.54, 1.807) is 0 Å². The van der Waals surface area contributed by atoms with Crippen LogP contribution in [0.1, 0.15) is 11.6 Å². The number of benzene rings is 1. The van der Waals surface area contributed by atoms with Gasteiger partial charge in [0.05, 0.1) is 12.1 Å². The zero-order chi connectivity index (χ0) is 9.68. The number of nitrogens with one attached hydrogen (secondary N) is 1. The highest BCUT2D eigenvalue weighted by molar-refractivity contribution is 5.19. The summed E-state index contributed by atoms with van der Waals surface area (Å²) in [5.41, 5.74) is 6.45. The molecule has 0 heterocycles. The summed E-state index contributed by atoms with van der Waals surface area (Å²) in [6, 6.07) is 9.71. The van der Waals surface area contributed by atoms with E-state index in [9.17, 15) is 5.11 Å². The molecule has 3 heteroatoms. The summed E-state index contributed by atoms with van der Waals surface area (Å²) in [6.45, 7) is 0.264. The maximum atomic E-state index is 9.58. The minimum absolute atomic E-state index is 0.0776. The lowest BCUT2D eigenvalue weighted by Gasteiger charge is -2.21. The van der Waals surface area contributed by atoms with Gasteiger partial charge in [0, 0.05) is 6.54 Å². The number of hydrogen-bond acceptors (Lipinski definition) is 3. The molecule has 0 fully saturated rings. The molecule has 1 rings (SSSR count). The van der Waals surface area contributed by atoms with Crippen LogP contribution < -0.4 is 11.1 Å². The van der Waals surface area contributed by atoms with Crippen molar-refractivity contribution in [3.05, 3.63) is 35.9 Å². The number of rotatable bonds is 4. The number of hydrogen-bond donors (Lipinski definition) is 3. The summed E-state index contributed by atoms with van der Waals surface area (Å²) in [5.74, 6) is 0. The van der Waals surface area contributed by atoms with E-state index in [0.29, 0.717) is 0 Å². The summed E-state index contributed by atoms with van der Waals surface area (Å²) in [4.78, 5) is 0. The summed E-state index contributed by atoms with van der Waals surface area (Å²) < 4.78 is 0. The third-order valence-corrected chi connectivity index (χ3v) is 2.10. The zero-order valence-corrected chi connectivity index (χ0v) is 7.77. The minimum Gasteiger partial charge on any atom is -0.390 e. The van der Waals surface area contributed by atoms with Crippen LogP contribution in [0.5, 0.6) is 0 Å². The van der Waals surface area contributed by atoms with Gasteiger partial charge in [0.25, 0.3) is 0 Å². The molecule has 0 amide bonds. The van der Waals surface area contributed by atoms with E-state index in [0.717, 1.165) is 5.56 Å².